The zero-order chi connectivity index (χ0) is 42.2. The lowest BCUT2D eigenvalue weighted by Gasteiger charge is -2.40. The van der Waals surface area contributed by atoms with Gasteiger partial charge in [-0.2, -0.15) is 25.3 Å². The second kappa shape index (κ2) is 19.4. The highest BCUT2D eigenvalue weighted by Gasteiger charge is 2.44. The summed E-state index contributed by atoms with van der Waals surface area (Å²) in [6.07, 6.45) is 12.0. The van der Waals surface area contributed by atoms with Gasteiger partial charge in [-0.25, -0.2) is 0 Å². The van der Waals surface area contributed by atoms with Gasteiger partial charge >= 0.3 is 5.97 Å². The molecular weight excluding hydrogens is 916 g/mol. The van der Waals surface area contributed by atoms with E-state index in [4.69, 9.17) is 14.6 Å². The first kappa shape index (κ1) is 46.7. The number of carboxylic acid groups (broad SMARTS) is 1. The third-order valence-electron chi connectivity index (χ3n) is 10.2. The van der Waals surface area contributed by atoms with Gasteiger partial charge in [0.25, 0.3) is 30.4 Å². The summed E-state index contributed by atoms with van der Waals surface area (Å²) in [5, 5.41) is 9.11. The van der Waals surface area contributed by atoms with Crippen molar-refractivity contribution in [3.05, 3.63) is 83.6 Å². The molecule has 2 heterocycles. The predicted molar refractivity (Wildman–Crippen MR) is 227 cm³/mol. The van der Waals surface area contributed by atoms with Crippen LogP contribution in [0, 0.1) is 0 Å². The average Bonchev–Trinajstić information content (AvgIpc) is 3.35. The number of carboxylic acids is 1. The van der Waals surface area contributed by atoms with E-state index in [0.717, 1.165) is 20.6 Å². The van der Waals surface area contributed by atoms with Gasteiger partial charge in [0.1, 0.15) is 0 Å². The molecule has 0 aliphatic carbocycles. The zero-order valence-corrected chi connectivity index (χ0v) is 36.9. The molecule has 0 amide bonds. The van der Waals surface area contributed by atoms with Crippen LogP contribution in [0.25, 0.3) is 0 Å². The number of ether oxygens (including phenoxy) is 2. The van der Waals surface area contributed by atoms with Crippen LogP contribution in [-0.2, 0) is 55.5 Å². The molecular formula is C38H51IN2O13S3. The van der Waals surface area contributed by atoms with E-state index in [1.165, 1.54) is 24.3 Å². The Morgan fingerprint density at radius 2 is 1.37 bits per heavy atom. The number of anilines is 2. The third kappa shape index (κ3) is 11.8. The van der Waals surface area contributed by atoms with Crippen molar-refractivity contribution in [1.29, 1.82) is 0 Å². The van der Waals surface area contributed by atoms with Gasteiger partial charge in [0, 0.05) is 86.2 Å². The van der Waals surface area contributed by atoms with Gasteiger partial charge in [-0.1, -0.05) is 37.6 Å². The van der Waals surface area contributed by atoms with E-state index in [0.29, 0.717) is 63.1 Å². The van der Waals surface area contributed by atoms with Crippen molar-refractivity contribution < 1.29 is 58.3 Å². The number of rotatable bonds is 21. The molecule has 2 aromatic carbocycles. The maximum absolute atomic E-state index is 12.2. The van der Waals surface area contributed by atoms with E-state index >= 15 is 0 Å². The average molecular weight is 967 g/mol. The number of halogens is 1. The Morgan fingerprint density at radius 1 is 0.754 bits per heavy atom. The van der Waals surface area contributed by atoms with Gasteiger partial charge in [0.15, 0.2) is 0 Å². The Balaban J connectivity index is 1.78. The monoisotopic (exact) mass is 966 g/mol. The first-order valence-electron chi connectivity index (χ1n) is 18.2. The Labute approximate surface area is 345 Å². The maximum Gasteiger partial charge on any atom is 0.303 e. The molecule has 2 aliphatic rings. The molecule has 0 aromatic heterocycles. The fourth-order valence-electron chi connectivity index (χ4n) is 7.19. The Morgan fingerprint density at radius 3 is 1.95 bits per heavy atom. The molecule has 0 spiro atoms. The standard InChI is InChI=1S/C38H51IN2O13S3/c1-37(19-11-25-55(44,45)46)31-27-29(57(50,51)52)16-18-33(31)41(22-24-54-4)39-34(37)12-7-5-8-13-35-38(2,20-23-53-3)30-26-28(56(47,48)49)15-17-32(30)40(35)21-10-6-9-14-36(42)43/h5,7-8,12-13,15-18,26-27H,6,9-11,14,19-25H2,1-4H3,(H,42,43)(H,44,45,46)(H,47,48,49)(H,50,51,52)/b8-5+,12-7+,35-13+. The molecule has 57 heavy (non-hydrogen) atoms. The molecule has 0 bridgehead atoms. The Hall–Kier alpha value is -3.02. The summed E-state index contributed by atoms with van der Waals surface area (Å²) in [7, 11) is -10.2. The van der Waals surface area contributed by atoms with Crippen LogP contribution in [0.2, 0.25) is 0 Å². The van der Waals surface area contributed by atoms with Gasteiger partial charge in [-0.3, -0.25) is 18.5 Å². The molecule has 15 nitrogen and oxygen atoms in total. The van der Waals surface area contributed by atoms with Crippen LogP contribution in [0.15, 0.2) is 82.3 Å². The lowest BCUT2D eigenvalue weighted by Crippen LogP contribution is -2.38. The molecule has 2 atom stereocenters. The Kier molecular flexibility index (Phi) is 15.9. The minimum atomic E-state index is -4.57. The van der Waals surface area contributed by atoms with Gasteiger partial charge < -0.3 is 22.6 Å². The molecule has 2 aromatic rings. The molecule has 4 rings (SSSR count). The summed E-state index contributed by atoms with van der Waals surface area (Å²) < 4.78 is 115. The topological polar surface area (TPSA) is 225 Å². The number of benzene rings is 2. The third-order valence-corrected chi connectivity index (χ3v) is 16.4. The van der Waals surface area contributed by atoms with Crippen LogP contribution >= 0.6 is 21.0 Å². The van der Waals surface area contributed by atoms with Crippen molar-refractivity contribution >= 4 is 72.2 Å². The summed E-state index contributed by atoms with van der Waals surface area (Å²) >= 11 is -0.934. The van der Waals surface area contributed by atoms with E-state index in [-0.39, 0.29) is 29.1 Å². The lowest BCUT2D eigenvalue weighted by molar-refractivity contribution is -0.137. The molecule has 19 heteroatoms. The summed E-state index contributed by atoms with van der Waals surface area (Å²) in [6.45, 7) is 5.62. The molecule has 2 aliphatic heterocycles. The van der Waals surface area contributed by atoms with Crippen LogP contribution in [-0.4, -0.2) is 99.8 Å². The minimum absolute atomic E-state index is 0.0515. The van der Waals surface area contributed by atoms with E-state index in [1.54, 1.807) is 26.4 Å². The van der Waals surface area contributed by atoms with Crippen molar-refractivity contribution in [2.75, 3.05) is 54.3 Å². The van der Waals surface area contributed by atoms with Gasteiger partial charge in [-0.15, -0.1) is 0 Å². The molecule has 4 N–H and O–H groups in total. The number of hydrogen-bond donors (Lipinski definition) is 4. The first-order valence-corrected chi connectivity index (χ1v) is 24.7. The number of methoxy groups -OCH3 is 2. The highest BCUT2D eigenvalue weighted by Crippen LogP contribution is 2.51. The SMILES string of the molecule is COCCN1I=C(/C=C/C=C/C=C2/N(CCCCCC(=O)O)c3ccc(S(=O)(=O)O)cc3C2(C)CCOC)C(C)(CCCS(=O)(=O)O)c2cc(S(=O)(=O)O)ccc21. The second-order valence-electron chi connectivity index (χ2n) is 14.3. The van der Waals surface area contributed by atoms with Gasteiger partial charge in [0.2, 0.25) is 0 Å². The van der Waals surface area contributed by atoms with Crippen LogP contribution < -0.4 is 8.01 Å². The van der Waals surface area contributed by atoms with E-state index in [1.807, 2.05) is 44.2 Å². The second-order valence-corrected chi connectivity index (χ2v) is 21.5. The van der Waals surface area contributed by atoms with Crippen molar-refractivity contribution in [3.8, 4) is 0 Å². The van der Waals surface area contributed by atoms with Crippen LogP contribution in [0.3, 0.4) is 0 Å². The highest BCUT2D eigenvalue weighted by molar-refractivity contribution is 14.2. The number of allylic oxidation sites excluding steroid dienone is 6. The minimum Gasteiger partial charge on any atom is -0.481 e. The van der Waals surface area contributed by atoms with Crippen molar-refractivity contribution in [2.45, 2.75) is 79.4 Å². The lowest BCUT2D eigenvalue weighted by atomic mass is 9.75. The molecule has 0 saturated heterocycles. The molecule has 0 fully saturated rings. The fourth-order valence-corrected chi connectivity index (χ4v) is 11.9. The molecule has 2 unspecified atom stereocenters. The largest absolute Gasteiger partial charge is 0.481 e. The van der Waals surface area contributed by atoms with Crippen molar-refractivity contribution in [3.63, 3.8) is 0 Å². The smallest absolute Gasteiger partial charge is 0.303 e. The molecule has 0 saturated carbocycles. The first-order chi connectivity index (χ1) is 26.7. The Bertz CT molecular complexity index is 2260. The van der Waals surface area contributed by atoms with Gasteiger partial charge in [-0.05, 0) is 92.6 Å². The number of carbonyl (C=O) groups is 1. The summed E-state index contributed by atoms with van der Waals surface area (Å²) in [4.78, 5) is 12.7. The molecule has 0 radical (unpaired) electrons. The van der Waals surface area contributed by atoms with Crippen molar-refractivity contribution in [2.24, 2.45) is 0 Å². The number of unbranched alkanes of at least 4 members (excludes halogenated alkanes) is 2. The fraction of sp³-hybridized carbons (Fsp3) is 0.474. The van der Waals surface area contributed by atoms with Crippen LogP contribution in [0.1, 0.15) is 69.9 Å². The maximum atomic E-state index is 12.2. The van der Waals surface area contributed by atoms with Gasteiger partial charge in [0.05, 0.1) is 28.7 Å². The summed E-state index contributed by atoms with van der Waals surface area (Å²) in [5.41, 5.74) is 2.02. The van der Waals surface area contributed by atoms with E-state index in [9.17, 15) is 43.7 Å². The van der Waals surface area contributed by atoms with E-state index in [2.05, 4.69) is 8.01 Å². The predicted octanol–water partition coefficient (Wildman–Crippen LogP) is 6.09. The number of fused-ring (bicyclic) bond motifs is 2. The zero-order valence-electron chi connectivity index (χ0n) is 32.3. The number of hydrogen-bond acceptors (Lipinski definition) is 11. The molecule has 316 valence electrons. The van der Waals surface area contributed by atoms with Crippen LogP contribution in [0.5, 0.6) is 0 Å². The highest BCUT2D eigenvalue weighted by atomic mass is 127. The van der Waals surface area contributed by atoms with E-state index < -0.39 is 73.9 Å². The summed E-state index contributed by atoms with van der Waals surface area (Å²) in [6, 6.07) is 8.88. The summed E-state index contributed by atoms with van der Waals surface area (Å²) in [5.74, 6) is -1.36. The van der Waals surface area contributed by atoms with Crippen LogP contribution in [0.4, 0.5) is 11.4 Å². The number of aliphatic carboxylic acids is 1. The van der Waals surface area contributed by atoms with Crippen molar-refractivity contribution in [1.82, 2.24) is 0 Å². The number of nitrogens with zero attached hydrogens (tertiary/aromatic N) is 2. The quantitative estimate of drug-likeness (QED) is 0.0366. The normalized spacial score (nSPS) is 20.9.